The molecular weight excluding hydrogens is 628 g/mol. The first-order valence-corrected chi connectivity index (χ1v) is 17.6. The summed E-state index contributed by atoms with van der Waals surface area (Å²) in [5.74, 6) is -1.01. The molecule has 0 saturated carbocycles. The average Bonchev–Trinajstić information content (AvgIpc) is 3.75. The third kappa shape index (κ3) is 5.65. The van der Waals surface area contributed by atoms with Gasteiger partial charge in [-0.1, -0.05) is 11.6 Å². The number of nitrogens with one attached hydrogen (secondary N) is 2. The molecule has 1 spiro atoms. The molecule has 6 heterocycles. The Bertz CT molecular complexity index is 1690. The van der Waals surface area contributed by atoms with Crippen LogP contribution in [0.2, 0.25) is 5.02 Å². The summed E-state index contributed by atoms with van der Waals surface area (Å²) in [7, 11) is -3.95. The molecule has 3 saturated heterocycles. The molecule has 2 atom stereocenters. The van der Waals surface area contributed by atoms with Gasteiger partial charge in [0, 0.05) is 91.8 Å². The van der Waals surface area contributed by atoms with E-state index < -0.39 is 21.9 Å². The number of piperazine rings is 1. The highest BCUT2D eigenvalue weighted by Crippen LogP contribution is 2.33. The van der Waals surface area contributed by atoms with Gasteiger partial charge >= 0.3 is 0 Å². The van der Waals surface area contributed by atoms with Gasteiger partial charge < -0.3 is 29.6 Å². The minimum Gasteiger partial charge on any atom is -0.347 e. The number of amides is 2. The normalized spacial score (nSPS) is 24.2. The lowest BCUT2D eigenvalue weighted by molar-refractivity contribution is -0.187. The lowest BCUT2D eigenvalue weighted by Gasteiger charge is -2.42. The van der Waals surface area contributed by atoms with Crippen LogP contribution in [0.5, 0.6) is 0 Å². The van der Waals surface area contributed by atoms with Crippen LogP contribution in [0, 0.1) is 0 Å². The number of hydrogen-bond donors (Lipinski definition) is 2. The number of likely N-dealkylation sites (tertiary alicyclic amines) is 1. The van der Waals surface area contributed by atoms with Gasteiger partial charge in [-0.2, -0.15) is 4.31 Å². The molecule has 2 aromatic heterocycles. The summed E-state index contributed by atoms with van der Waals surface area (Å²) in [6.07, 6.45) is 1.90. The molecule has 15 heteroatoms. The molecule has 44 heavy (non-hydrogen) atoms. The number of H-pyrrole nitrogens is 1. The molecule has 0 bridgehead atoms. The van der Waals surface area contributed by atoms with E-state index in [-0.39, 0.29) is 48.9 Å². The monoisotopic (exact) mass is 662 g/mol. The van der Waals surface area contributed by atoms with Gasteiger partial charge in [-0.15, -0.1) is 11.3 Å². The molecule has 3 aromatic rings. The zero-order valence-electron chi connectivity index (χ0n) is 24.4. The number of hydrogen-bond acceptors (Lipinski definition) is 9. The van der Waals surface area contributed by atoms with Crippen molar-refractivity contribution in [2.24, 2.45) is 0 Å². The molecule has 1 aromatic carbocycles. The van der Waals surface area contributed by atoms with Crippen LogP contribution in [-0.2, 0) is 37.3 Å². The van der Waals surface area contributed by atoms with Crippen LogP contribution in [-0.4, -0.2) is 108 Å². The summed E-state index contributed by atoms with van der Waals surface area (Å²) in [6, 6.07) is 6.33. The van der Waals surface area contributed by atoms with Gasteiger partial charge in [-0.05, 0) is 31.2 Å². The number of halogens is 1. The number of nitrogens with zero attached hydrogens (tertiary/aromatic N) is 4. The fraction of sp³-hybridized carbons (Fsp3) is 0.552. The van der Waals surface area contributed by atoms with Crippen molar-refractivity contribution < 1.29 is 27.5 Å². The Balaban J connectivity index is 1.13. The molecule has 3 fully saturated rings. The van der Waals surface area contributed by atoms with Crippen molar-refractivity contribution in [1.82, 2.24) is 29.4 Å². The summed E-state index contributed by atoms with van der Waals surface area (Å²) >= 11 is 7.50. The van der Waals surface area contributed by atoms with E-state index in [0.29, 0.717) is 66.6 Å². The fourth-order valence-corrected chi connectivity index (χ4v) is 9.24. The van der Waals surface area contributed by atoms with Crippen LogP contribution in [0.4, 0.5) is 0 Å². The van der Waals surface area contributed by atoms with Crippen molar-refractivity contribution in [2.45, 2.75) is 62.0 Å². The van der Waals surface area contributed by atoms with E-state index in [1.165, 1.54) is 15.6 Å². The number of fused-ring (bicyclic) bond motifs is 2. The number of carbonyl (C=O) groups excluding carboxylic acids is 2. The lowest BCUT2D eigenvalue weighted by atomic mass is 10.0. The van der Waals surface area contributed by atoms with Crippen LogP contribution in [0.1, 0.15) is 46.6 Å². The van der Waals surface area contributed by atoms with E-state index in [9.17, 15) is 18.0 Å². The first-order chi connectivity index (χ1) is 21.1. The quantitative estimate of drug-likeness (QED) is 0.426. The summed E-state index contributed by atoms with van der Waals surface area (Å²) in [6.45, 7) is 5.03. The Hall–Kier alpha value is -2.59. The number of rotatable bonds is 5. The second kappa shape index (κ2) is 11.6. The fourth-order valence-electron chi connectivity index (χ4n) is 6.58. The molecule has 4 aliphatic heterocycles. The molecule has 2 amide bonds. The van der Waals surface area contributed by atoms with Gasteiger partial charge in [0.05, 0.1) is 24.9 Å². The maximum Gasteiger partial charge on any atom is 0.283 e. The molecule has 12 nitrogen and oxygen atoms in total. The zero-order chi connectivity index (χ0) is 30.6. The average molecular weight is 663 g/mol. The number of piperidine rings is 1. The van der Waals surface area contributed by atoms with Crippen LogP contribution in [0.15, 0.2) is 29.3 Å². The van der Waals surface area contributed by atoms with E-state index in [4.69, 9.17) is 21.1 Å². The van der Waals surface area contributed by atoms with Crippen molar-refractivity contribution >= 4 is 55.7 Å². The van der Waals surface area contributed by atoms with Crippen LogP contribution >= 0.6 is 22.9 Å². The van der Waals surface area contributed by atoms with Gasteiger partial charge in [0.1, 0.15) is 5.03 Å². The van der Waals surface area contributed by atoms with Crippen molar-refractivity contribution in [3.8, 4) is 0 Å². The zero-order valence-corrected chi connectivity index (χ0v) is 26.8. The number of carbonyl (C=O) groups is 2. The molecule has 2 N–H and O–H groups in total. The summed E-state index contributed by atoms with van der Waals surface area (Å²) < 4.78 is 40.7. The SMILES string of the molecule is CC1Cc2nc(C(=O)N3CCN(S(=O)(=O)c4cc5cc(Cl)ccc5[nH]4)CC3CC(=O)N3CCC4(CC3)OCCO4)sc2CN1. The Morgan fingerprint density at radius 1 is 1.14 bits per heavy atom. The maximum absolute atomic E-state index is 13.9. The van der Waals surface area contributed by atoms with E-state index in [0.717, 1.165) is 17.0 Å². The Kier molecular flexibility index (Phi) is 7.96. The van der Waals surface area contributed by atoms with Gasteiger partial charge in [0.15, 0.2) is 10.8 Å². The number of benzene rings is 1. The van der Waals surface area contributed by atoms with Crippen molar-refractivity contribution in [3.63, 3.8) is 0 Å². The number of thiazole rings is 1. The summed E-state index contributed by atoms with van der Waals surface area (Å²) in [4.78, 5) is 39.7. The van der Waals surface area contributed by atoms with E-state index in [2.05, 4.69) is 22.2 Å². The van der Waals surface area contributed by atoms with Crippen molar-refractivity contribution in [2.75, 3.05) is 45.9 Å². The Morgan fingerprint density at radius 2 is 1.91 bits per heavy atom. The number of sulfonamides is 1. The van der Waals surface area contributed by atoms with Crippen molar-refractivity contribution in [3.05, 3.63) is 44.9 Å². The molecule has 0 radical (unpaired) electrons. The van der Waals surface area contributed by atoms with Crippen molar-refractivity contribution in [1.29, 1.82) is 0 Å². The minimum absolute atomic E-state index is 0.00152. The Morgan fingerprint density at radius 3 is 2.68 bits per heavy atom. The first-order valence-electron chi connectivity index (χ1n) is 15.0. The van der Waals surface area contributed by atoms with E-state index in [1.807, 2.05) is 0 Å². The van der Waals surface area contributed by atoms with Gasteiger partial charge in [0.2, 0.25) is 5.91 Å². The van der Waals surface area contributed by atoms with E-state index >= 15 is 0 Å². The van der Waals surface area contributed by atoms with Crippen LogP contribution < -0.4 is 5.32 Å². The number of aromatic nitrogens is 2. The van der Waals surface area contributed by atoms with Crippen LogP contribution in [0.3, 0.4) is 0 Å². The van der Waals surface area contributed by atoms with Gasteiger partial charge in [-0.25, -0.2) is 13.4 Å². The van der Waals surface area contributed by atoms with Crippen LogP contribution in [0.25, 0.3) is 10.9 Å². The second-order valence-electron chi connectivity index (χ2n) is 11.9. The molecular formula is C29H35ClN6O6S2. The second-order valence-corrected chi connectivity index (χ2v) is 15.4. The number of aromatic amines is 1. The molecule has 2 unspecified atom stereocenters. The smallest absolute Gasteiger partial charge is 0.283 e. The van der Waals surface area contributed by atoms with E-state index in [1.54, 1.807) is 34.1 Å². The third-order valence-electron chi connectivity index (χ3n) is 9.06. The highest BCUT2D eigenvalue weighted by molar-refractivity contribution is 7.89. The summed E-state index contributed by atoms with van der Waals surface area (Å²) in [5.41, 5.74) is 1.58. The highest BCUT2D eigenvalue weighted by atomic mass is 35.5. The standard InChI is InChI=1S/C29H35ClN6O6S2/c1-18-12-23-24(16-31-18)43-27(33-23)28(38)36-9-8-35(44(39,40)25-14-19-13-20(30)2-3-22(19)32-25)17-21(36)15-26(37)34-6-4-29(5-7-34)41-10-11-42-29/h2-3,13-14,18,21,31-32H,4-12,15-17H2,1H3. The summed E-state index contributed by atoms with van der Waals surface area (Å²) in [5, 5.41) is 5.02. The molecule has 0 aliphatic carbocycles. The molecule has 4 aliphatic rings. The predicted octanol–water partition coefficient (Wildman–Crippen LogP) is 2.58. The molecule has 236 valence electrons. The van der Waals surface area contributed by atoms with Gasteiger partial charge in [0.25, 0.3) is 15.9 Å². The molecule has 7 rings (SSSR count). The lowest BCUT2D eigenvalue weighted by Crippen LogP contribution is -2.58. The Labute approximate surface area is 264 Å². The largest absolute Gasteiger partial charge is 0.347 e. The topological polar surface area (TPSA) is 137 Å². The number of ether oxygens (including phenoxy) is 2. The first kappa shape index (κ1) is 30.1. The minimum atomic E-state index is -3.95. The highest BCUT2D eigenvalue weighted by Gasteiger charge is 2.43. The van der Waals surface area contributed by atoms with Gasteiger partial charge in [-0.3, -0.25) is 9.59 Å². The maximum atomic E-state index is 13.9. The third-order valence-corrected chi connectivity index (χ3v) is 12.2. The predicted molar refractivity (Wildman–Crippen MR) is 164 cm³/mol.